The molecule has 1 unspecified atom stereocenters. The maximum Gasteiger partial charge on any atom is 0.311 e. The zero-order valence-corrected chi connectivity index (χ0v) is 12.1. The smallest absolute Gasteiger partial charge is 0.311 e. The van der Waals surface area contributed by atoms with Crippen molar-refractivity contribution in [3.05, 3.63) is 23.2 Å². The number of pyridine rings is 1. The average molecular weight is 315 g/mol. The number of ether oxygens (including phenoxy) is 1. The third-order valence-corrected chi connectivity index (χ3v) is 3.60. The Morgan fingerprint density at radius 2 is 2.19 bits per heavy atom. The SMILES string of the molecule is CC1COCCN(c2nc(F)nc3c(F)c(Cl)ncc23)C1. The minimum atomic E-state index is -0.989. The van der Waals surface area contributed by atoms with Gasteiger partial charge in [-0.15, -0.1) is 0 Å². The number of hydrogen-bond acceptors (Lipinski definition) is 5. The Morgan fingerprint density at radius 1 is 1.38 bits per heavy atom. The first-order chi connectivity index (χ1) is 10.1. The first-order valence-corrected chi connectivity index (χ1v) is 6.94. The lowest BCUT2D eigenvalue weighted by atomic mass is 10.2. The van der Waals surface area contributed by atoms with Crippen LogP contribution in [0.2, 0.25) is 5.15 Å². The third kappa shape index (κ3) is 2.75. The second-order valence-corrected chi connectivity index (χ2v) is 5.43. The summed E-state index contributed by atoms with van der Waals surface area (Å²) in [6, 6.07) is 0. The van der Waals surface area contributed by atoms with E-state index >= 15 is 0 Å². The normalized spacial score (nSPS) is 19.8. The van der Waals surface area contributed by atoms with Crippen molar-refractivity contribution in [1.29, 1.82) is 0 Å². The van der Waals surface area contributed by atoms with Crippen LogP contribution in [-0.4, -0.2) is 41.3 Å². The molecule has 1 fully saturated rings. The zero-order valence-electron chi connectivity index (χ0n) is 11.3. The topological polar surface area (TPSA) is 51.1 Å². The molecule has 1 aliphatic heterocycles. The molecule has 1 saturated heterocycles. The summed E-state index contributed by atoms with van der Waals surface area (Å²) >= 11 is 5.62. The molecular formula is C13H13ClF2N4O. The molecule has 3 heterocycles. The lowest BCUT2D eigenvalue weighted by Gasteiger charge is -2.24. The van der Waals surface area contributed by atoms with Gasteiger partial charge in [0.05, 0.1) is 18.6 Å². The summed E-state index contributed by atoms with van der Waals surface area (Å²) in [6.45, 7) is 4.32. The van der Waals surface area contributed by atoms with E-state index in [9.17, 15) is 8.78 Å². The Labute approximate surface area is 124 Å². The van der Waals surface area contributed by atoms with E-state index in [2.05, 4.69) is 15.0 Å². The van der Waals surface area contributed by atoms with Crippen molar-refractivity contribution < 1.29 is 13.5 Å². The van der Waals surface area contributed by atoms with Crippen LogP contribution < -0.4 is 4.90 Å². The van der Waals surface area contributed by atoms with Crippen molar-refractivity contribution in [2.75, 3.05) is 31.2 Å². The monoisotopic (exact) mass is 314 g/mol. The highest BCUT2D eigenvalue weighted by Gasteiger charge is 2.22. The summed E-state index contributed by atoms with van der Waals surface area (Å²) in [5, 5.41) is 0.00603. The van der Waals surface area contributed by atoms with Gasteiger partial charge >= 0.3 is 6.08 Å². The predicted octanol–water partition coefficient (Wildman–Crippen LogP) is 2.43. The largest absolute Gasteiger partial charge is 0.379 e. The number of anilines is 1. The maximum atomic E-state index is 14.0. The van der Waals surface area contributed by atoms with Gasteiger partial charge in [-0.05, 0) is 5.92 Å². The number of nitrogens with zero attached hydrogens (tertiary/aromatic N) is 4. The number of rotatable bonds is 1. The van der Waals surface area contributed by atoms with Crippen molar-refractivity contribution in [2.45, 2.75) is 6.92 Å². The molecule has 1 atom stereocenters. The summed E-state index contributed by atoms with van der Waals surface area (Å²) < 4.78 is 33.1. The Hall–Kier alpha value is -1.60. The molecule has 0 N–H and O–H groups in total. The number of hydrogen-bond donors (Lipinski definition) is 0. The Balaban J connectivity index is 2.15. The van der Waals surface area contributed by atoms with E-state index in [1.165, 1.54) is 6.20 Å². The summed E-state index contributed by atoms with van der Waals surface area (Å²) in [6.07, 6.45) is 0.378. The summed E-state index contributed by atoms with van der Waals surface area (Å²) in [7, 11) is 0. The summed E-state index contributed by atoms with van der Waals surface area (Å²) in [5.41, 5.74) is -0.157. The first-order valence-electron chi connectivity index (χ1n) is 6.56. The molecule has 2 aromatic rings. The molecule has 112 valence electrons. The van der Waals surface area contributed by atoms with E-state index in [0.29, 0.717) is 37.5 Å². The van der Waals surface area contributed by atoms with Crippen LogP contribution in [0.25, 0.3) is 10.9 Å². The highest BCUT2D eigenvalue weighted by atomic mass is 35.5. The Morgan fingerprint density at radius 3 is 3.00 bits per heavy atom. The van der Waals surface area contributed by atoms with Gasteiger partial charge in [0.2, 0.25) is 0 Å². The fourth-order valence-electron chi connectivity index (χ4n) is 2.41. The molecule has 0 saturated carbocycles. The minimum absolute atomic E-state index is 0.157. The minimum Gasteiger partial charge on any atom is -0.379 e. The van der Waals surface area contributed by atoms with Gasteiger partial charge in [0.15, 0.2) is 11.0 Å². The average Bonchev–Trinajstić information content (AvgIpc) is 2.67. The van der Waals surface area contributed by atoms with E-state index in [-0.39, 0.29) is 16.6 Å². The van der Waals surface area contributed by atoms with Crippen LogP contribution in [0, 0.1) is 17.8 Å². The fraction of sp³-hybridized carbons (Fsp3) is 0.462. The predicted molar refractivity (Wildman–Crippen MR) is 74.5 cm³/mol. The van der Waals surface area contributed by atoms with E-state index in [1.54, 1.807) is 0 Å². The molecule has 2 aromatic heterocycles. The van der Waals surface area contributed by atoms with Crippen LogP contribution >= 0.6 is 11.6 Å². The van der Waals surface area contributed by atoms with Gasteiger partial charge in [-0.2, -0.15) is 14.4 Å². The van der Waals surface area contributed by atoms with E-state index in [0.717, 1.165) is 0 Å². The van der Waals surface area contributed by atoms with E-state index in [1.807, 2.05) is 11.8 Å². The van der Waals surface area contributed by atoms with E-state index < -0.39 is 11.9 Å². The van der Waals surface area contributed by atoms with Gasteiger partial charge in [0.1, 0.15) is 11.3 Å². The van der Waals surface area contributed by atoms with Crippen LogP contribution in [0.1, 0.15) is 6.92 Å². The first kappa shape index (κ1) is 14.3. The molecule has 0 radical (unpaired) electrons. The number of aromatic nitrogens is 3. The summed E-state index contributed by atoms with van der Waals surface area (Å²) in [5.74, 6) is -0.264. The second-order valence-electron chi connectivity index (χ2n) is 5.07. The van der Waals surface area contributed by atoms with Crippen LogP contribution in [0.15, 0.2) is 6.20 Å². The molecule has 8 heteroatoms. The molecule has 1 aliphatic rings. The van der Waals surface area contributed by atoms with Crippen LogP contribution in [-0.2, 0) is 4.74 Å². The molecule has 0 bridgehead atoms. The van der Waals surface area contributed by atoms with Crippen molar-refractivity contribution in [2.24, 2.45) is 5.92 Å². The molecule has 21 heavy (non-hydrogen) atoms. The molecule has 5 nitrogen and oxygen atoms in total. The number of fused-ring (bicyclic) bond motifs is 1. The lowest BCUT2D eigenvalue weighted by Crippen LogP contribution is -2.30. The Kier molecular flexibility index (Phi) is 3.86. The van der Waals surface area contributed by atoms with Gasteiger partial charge < -0.3 is 9.64 Å². The lowest BCUT2D eigenvalue weighted by molar-refractivity contribution is 0.129. The van der Waals surface area contributed by atoms with E-state index in [4.69, 9.17) is 16.3 Å². The van der Waals surface area contributed by atoms with Crippen molar-refractivity contribution in [3.63, 3.8) is 0 Å². The Bertz CT molecular complexity index is 685. The van der Waals surface area contributed by atoms with Crippen LogP contribution in [0.4, 0.5) is 14.6 Å². The number of halogens is 3. The standard InChI is InChI=1S/C13H13ClF2N4O/c1-7-5-20(2-3-21-6-7)12-8-4-17-11(14)9(15)10(8)18-13(16)19-12/h4,7H,2-3,5-6H2,1H3. The summed E-state index contributed by atoms with van der Waals surface area (Å²) in [4.78, 5) is 12.9. The molecule has 3 rings (SSSR count). The highest BCUT2D eigenvalue weighted by molar-refractivity contribution is 6.30. The van der Waals surface area contributed by atoms with Crippen LogP contribution in [0.5, 0.6) is 0 Å². The zero-order chi connectivity index (χ0) is 15.0. The third-order valence-electron chi connectivity index (χ3n) is 3.33. The molecule has 0 aliphatic carbocycles. The van der Waals surface area contributed by atoms with Gasteiger partial charge in [-0.3, -0.25) is 0 Å². The molecule has 0 aromatic carbocycles. The molecule has 0 spiro atoms. The van der Waals surface area contributed by atoms with Crippen LogP contribution in [0.3, 0.4) is 0 Å². The maximum absolute atomic E-state index is 14.0. The molecular weight excluding hydrogens is 302 g/mol. The van der Waals surface area contributed by atoms with Gasteiger partial charge in [-0.25, -0.2) is 9.37 Å². The van der Waals surface area contributed by atoms with Gasteiger partial charge in [0.25, 0.3) is 0 Å². The van der Waals surface area contributed by atoms with Gasteiger partial charge in [-0.1, -0.05) is 18.5 Å². The fourth-order valence-corrected chi connectivity index (χ4v) is 2.54. The van der Waals surface area contributed by atoms with Crippen molar-refractivity contribution >= 4 is 28.3 Å². The molecule has 0 amide bonds. The second kappa shape index (κ2) is 5.65. The van der Waals surface area contributed by atoms with Gasteiger partial charge in [0, 0.05) is 19.3 Å². The highest BCUT2D eigenvalue weighted by Crippen LogP contribution is 2.28. The quantitative estimate of drug-likeness (QED) is 0.598. The van der Waals surface area contributed by atoms with Crippen molar-refractivity contribution in [1.82, 2.24) is 15.0 Å². The van der Waals surface area contributed by atoms with Crippen molar-refractivity contribution in [3.8, 4) is 0 Å².